The number of aliphatic imine (C=N–C) groups is 1. The first-order valence-corrected chi connectivity index (χ1v) is 8.49. The monoisotopic (exact) mass is 319 g/mol. The summed E-state index contributed by atoms with van der Waals surface area (Å²) in [5.74, 6) is 1.48. The van der Waals surface area contributed by atoms with Crippen LogP contribution in [0.4, 0.5) is 0 Å². The lowest BCUT2D eigenvalue weighted by atomic mass is 10.1. The predicted octanol–water partition coefficient (Wildman–Crippen LogP) is 2.09. The number of hydrogen-bond donors (Lipinski definition) is 3. The minimum Gasteiger partial charge on any atom is -0.389 e. The van der Waals surface area contributed by atoms with Crippen molar-refractivity contribution in [1.29, 1.82) is 0 Å². The molecule has 5 heteroatoms. The second kappa shape index (κ2) is 8.89. The second-order valence-electron chi connectivity index (χ2n) is 6.22. The van der Waals surface area contributed by atoms with Gasteiger partial charge in [0, 0.05) is 12.6 Å². The molecule has 2 rings (SSSR count). The summed E-state index contributed by atoms with van der Waals surface area (Å²) in [7, 11) is 0. The summed E-state index contributed by atoms with van der Waals surface area (Å²) < 4.78 is 5.73. The topological polar surface area (TPSA) is 65.9 Å². The summed E-state index contributed by atoms with van der Waals surface area (Å²) in [5.41, 5.74) is 1.11. The van der Waals surface area contributed by atoms with Crippen molar-refractivity contribution >= 4 is 5.96 Å². The van der Waals surface area contributed by atoms with Crippen LogP contribution in [0.25, 0.3) is 0 Å². The number of hydrogen-bond acceptors (Lipinski definition) is 3. The predicted molar refractivity (Wildman–Crippen MR) is 93.5 cm³/mol. The van der Waals surface area contributed by atoms with E-state index in [4.69, 9.17) is 4.74 Å². The number of nitrogens with zero attached hydrogens (tertiary/aromatic N) is 1. The van der Waals surface area contributed by atoms with Gasteiger partial charge in [-0.25, -0.2) is 0 Å². The molecule has 0 aromatic heterocycles. The molecule has 1 fully saturated rings. The van der Waals surface area contributed by atoms with Crippen LogP contribution in [0.2, 0.25) is 0 Å². The molecule has 0 amide bonds. The van der Waals surface area contributed by atoms with E-state index in [0.717, 1.165) is 18.1 Å². The Morgan fingerprint density at radius 3 is 2.70 bits per heavy atom. The van der Waals surface area contributed by atoms with E-state index in [9.17, 15) is 5.11 Å². The van der Waals surface area contributed by atoms with Gasteiger partial charge in [0.2, 0.25) is 0 Å². The van der Waals surface area contributed by atoms with Crippen LogP contribution in [0, 0.1) is 5.92 Å². The van der Waals surface area contributed by atoms with Gasteiger partial charge in [-0.1, -0.05) is 37.3 Å². The fourth-order valence-corrected chi connectivity index (χ4v) is 2.34. The summed E-state index contributed by atoms with van der Waals surface area (Å²) in [6, 6.07) is 10.5. The SMILES string of the molecule is CCNC(=NCC(O)COC(C)c1ccccc1)NC1CC1C. The van der Waals surface area contributed by atoms with Crippen LogP contribution in [-0.4, -0.2) is 42.9 Å². The maximum atomic E-state index is 10.1. The first kappa shape index (κ1) is 17.8. The zero-order chi connectivity index (χ0) is 16.7. The van der Waals surface area contributed by atoms with Gasteiger partial charge < -0.3 is 20.5 Å². The number of aliphatic hydroxyl groups excluding tert-OH is 1. The van der Waals surface area contributed by atoms with Crippen LogP contribution in [0.1, 0.15) is 38.9 Å². The fraction of sp³-hybridized carbons (Fsp3) is 0.611. The molecule has 4 unspecified atom stereocenters. The Hall–Kier alpha value is -1.59. The Balaban J connectivity index is 1.74. The van der Waals surface area contributed by atoms with E-state index in [-0.39, 0.29) is 12.7 Å². The standard InChI is InChI=1S/C18H29N3O2/c1-4-19-18(21-17-10-13(17)2)20-11-16(22)12-23-14(3)15-8-6-5-7-9-15/h5-9,13-14,16-17,22H,4,10-12H2,1-3H3,(H2,19,20,21). The van der Waals surface area contributed by atoms with E-state index in [1.54, 1.807) is 0 Å². The van der Waals surface area contributed by atoms with Crippen LogP contribution in [0.15, 0.2) is 35.3 Å². The van der Waals surface area contributed by atoms with Crippen molar-refractivity contribution in [1.82, 2.24) is 10.6 Å². The van der Waals surface area contributed by atoms with Crippen LogP contribution in [-0.2, 0) is 4.74 Å². The molecule has 0 saturated heterocycles. The lowest BCUT2D eigenvalue weighted by Crippen LogP contribution is -2.39. The number of guanidine groups is 1. The molecule has 0 aliphatic heterocycles. The van der Waals surface area contributed by atoms with Gasteiger partial charge >= 0.3 is 0 Å². The van der Waals surface area contributed by atoms with Gasteiger partial charge in [-0.3, -0.25) is 4.99 Å². The largest absolute Gasteiger partial charge is 0.389 e. The van der Waals surface area contributed by atoms with Gasteiger partial charge in [-0.15, -0.1) is 0 Å². The number of ether oxygens (including phenoxy) is 1. The van der Waals surface area contributed by atoms with Crippen molar-refractivity contribution in [2.24, 2.45) is 10.9 Å². The molecule has 1 aliphatic carbocycles. The van der Waals surface area contributed by atoms with E-state index in [0.29, 0.717) is 18.5 Å². The first-order valence-electron chi connectivity index (χ1n) is 8.49. The van der Waals surface area contributed by atoms with Crippen molar-refractivity contribution in [3.05, 3.63) is 35.9 Å². The highest BCUT2D eigenvalue weighted by molar-refractivity contribution is 5.80. The van der Waals surface area contributed by atoms with E-state index < -0.39 is 6.10 Å². The normalized spacial score (nSPS) is 23.2. The Labute approximate surface area is 139 Å². The molecule has 1 aromatic rings. The molecule has 0 spiro atoms. The summed E-state index contributed by atoms with van der Waals surface area (Å²) in [6.07, 6.45) is 0.548. The molecule has 23 heavy (non-hydrogen) atoms. The molecule has 0 radical (unpaired) electrons. The van der Waals surface area contributed by atoms with Gasteiger partial charge in [0.15, 0.2) is 5.96 Å². The minimum atomic E-state index is -0.603. The number of benzene rings is 1. The summed E-state index contributed by atoms with van der Waals surface area (Å²) >= 11 is 0. The zero-order valence-corrected chi connectivity index (χ0v) is 14.3. The molecule has 5 nitrogen and oxygen atoms in total. The van der Waals surface area contributed by atoms with Gasteiger partial charge in [-0.2, -0.15) is 0 Å². The van der Waals surface area contributed by atoms with Gasteiger partial charge in [0.1, 0.15) is 0 Å². The highest BCUT2D eigenvalue weighted by Gasteiger charge is 2.33. The van der Waals surface area contributed by atoms with E-state index in [1.807, 2.05) is 44.2 Å². The average molecular weight is 319 g/mol. The molecule has 128 valence electrons. The first-order chi connectivity index (χ1) is 11.1. The third kappa shape index (κ3) is 6.20. The smallest absolute Gasteiger partial charge is 0.191 e. The molecule has 1 aliphatic rings. The zero-order valence-electron chi connectivity index (χ0n) is 14.3. The molecule has 4 atom stereocenters. The third-order valence-corrected chi connectivity index (χ3v) is 4.04. The average Bonchev–Trinajstić information content (AvgIpc) is 3.26. The molecule has 0 bridgehead atoms. The Morgan fingerprint density at radius 1 is 1.39 bits per heavy atom. The maximum Gasteiger partial charge on any atom is 0.191 e. The molecule has 1 saturated carbocycles. The van der Waals surface area contributed by atoms with Crippen LogP contribution in [0.3, 0.4) is 0 Å². The van der Waals surface area contributed by atoms with Crippen molar-refractivity contribution in [2.45, 2.75) is 45.4 Å². The van der Waals surface area contributed by atoms with Crippen LogP contribution >= 0.6 is 0 Å². The van der Waals surface area contributed by atoms with Crippen LogP contribution < -0.4 is 10.6 Å². The summed E-state index contributed by atoms with van der Waals surface area (Å²) in [4.78, 5) is 4.44. The van der Waals surface area contributed by atoms with Crippen molar-refractivity contribution < 1.29 is 9.84 Å². The number of rotatable bonds is 8. The Kier molecular flexibility index (Phi) is 6.86. The molecule has 1 aromatic carbocycles. The molecule has 0 heterocycles. The highest BCUT2D eigenvalue weighted by Crippen LogP contribution is 2.28. The van der Waals surface area contributed by atoms with E-state index in [2.05, 4.69) is 22.5 Å². The second-order valence-corrected chi connectivity index (χ2v) is 6.22. The molecular weight excluding hydrogens is 290 g/mol. The van der Waals surface area contributed by atoms with E-state index in [1.165, 1.54) is 6.42 Å². The maximum absolute atomic E-state index is 10.1. The highest BCUT2D eigenvalue weighted by atomic mass is 16.5. The number of aliphatic hydroxyl groups is 1. The molecular formula is C18H29N3O2. The lowest BCUT2D eigenvalue weighted by Gasteiger charge is -2.16. The van der Waals surface area contributed by atoms with Gasteiger partial charge in [-0.05, 0) is 31.7 Å². The Morgan fingerprint density at radius 2 is 2.09 bits per heavy atom. The summed E-state index contributed by atoms with van der Waals surface area (Å²) in [6.45, 7) is 7.66. The minimum absolute atomic E-state index is 0.0338. The van der Waals surface area contributed by atoms with Crippen molar-refractivity contribution in [3.63, 3.8) is 0 Å². The lowest BCUT2D eigenvalue weighted by molar-refractivity contribution is 0.00111. The van der Waals surface area contributed by atoms with Gasteiger partial charge in [0.05, 0.1) is 25.4 Å². The van der Waals surface area contributed by atoms with Crippen molar-refractivity contribution in [3.8, 4) is 0 Å². The Bertz CT molecular complexity index is 492. The van der Waals surface area contributed by atoms with Gasteiger partial charge in [0.25, 0.3) is 0 Å². The quantitative estimate of drug-likeness (QED) is 0.507. The van der Waals surface area contributed by atoms with Crippen molar-refractivity contribution in [2.75, 3.05) is 19.7 Å². The van der Waals surface area contributed by atoms with Crippen LogP contribution in [0.5, 0.6) is 0 Å². The summed E-state index contributed by atoms with van der Waals surface area (Å²) in [5, 5.41) is 16.7. The van der Waals surface area contributed by atoms with E-state index >= 15 is 0 Å². The third-order valence-electron chi connectivity index (χ3n) is 4.04. The number of nitrogens with one attached hydrogen (secondary N) is 2. The fourth-order valence-electron chi connectivity index (χ4n) is 2.34. The molecule has 3 N–H and O–H groups in total.